The lowest BCUT2D eigenvalue weighted by atomic mass is 9.94. The van der Waals surface area contributed by atoms with Crippen molar-refractivity contribution < 1.29 is 13.9 Å². The summed E-state index contributed by atoms with van der Waals surface area (Å²) in [6.07, 6.45) is 4.81. The van der Waals surface area contributed by atoms with Crippen LogP contribution in [0.3, 0.4) is 0 Å². The summed E-state index contributed by atoms with van der Waals surface area (Å²) in [6, 6.07) is 13.4. The zero-order valence-corrected chi connectivity index (χ0v) is 19.0. The molecule has 5 rings (SSSR count). The molecule has 1 amide bonds. The first-order chi connectivity index (χ1) is 17.0. The number of benzene rings is 2. The summed E-state index contributed by atoms with van der Waals surface area (Å²) in [5, 5.41) is 0.709. The van der Waals surface area contributed by atoms with Crippen LogP contribution in [-0.4, -0.2) is 32.3 Å². The van der Waals surface area contributed by atoms with Gasteiger partial charge in [-0.25, -0.2) is 19.3 Å². The third-order valence-electron chi connectivity index (χ3n) is 5.95. The number of ether oxygens (including phenoxy) is 1. The molecule has 0 spiro atoms. The third-order valence-corrected chi connectivity index (χ3v) is 5.95. The largest absolute Gasteiger partial charge is 0.439 e. The third kappa shape index (κ3) is 4.49. The molecule has 2 aromatic heterocycles. The first-order valence-electron chi connectivity index (χ1n) is 11.2. The highest BCUT2D eigenvalue weighted by Gasteiger charge is 2.31. The van der Waals surface area contributed by atoms with Crippen molar-refractivity contribution in [3.63, 3.8) is 0 Å². The fourth-order valence-corrected chi connectivity index (χ4v) is 4.43. The molecule has 1 aliphatic heterocycles. The number of likely N-dealkylation sites (tertiary alicyclic amines) is 1. The average Bonchev–Trinajstić information content (AvgIpc) is 3.34. The maximum atomic E-state index is 15.3. The average molecular weight is 468 g/mol. The van der Waals surface area contributed by atoms with Crippen LogP contribution in [0.1, 0.15) is 31.4 Å². The van der Waals surface area contributed by atoms with E-state index < -0.39 is 5.82 Å². The van der Waals surface area contributed by atoms with Gasteiger partial charge in [0.25, 0.3) is 5.91 Å². The molecule has 0 radical (unpaired) electrons. The van der Waals surface area contributed by atoms with Crippen molar-refractivity contribution in [2.75, 3.05) is 12.3 Å². The van der Waals surface area contributed by atoms with Gasteiger partial charge in [-0.05, 0) is 61.6 Å². The Labute approximate surface area is 201 Å². The number of nitrogens with two attached hydrogens (primary N) is 1. The SMILES string of the molecule is CC#CC(=O)N1CCCC1c1cc(-c2ccc(Oc3ccccn3)cc2F)cc2cnc(N)nc12. The molecule has 8 heteroatoms. The highest BCUT2D eigenvalue weighted by atomic mass is 19.1. The lowest BCUT2D eigenvalue weighted by Gasteiger charge is -2.24. The first kappa shape index (κ1) is 22.3. The molecule has 2 N–H and O–H groups in total. The van der Waals surface area contributed by atoms with E-state index in [2.05, 4.69) is 26.8 Å². The Hall–Kier alpha value is -4.51. The van der Waals surface area contributed by atoms with Crippen molar-refractivity contribution in [1.29, 1.82) is 0 Å². The lowest BCUT2D eigenvalue weighted by molar-refractivity contribution is -0.125. The van der Waals surface area contributed by atoms with Crippen LogP contribution in [0.4, 0.5) is 10.3 Å². The van der Waals surface area contributed by atoms with E-state index in [0.717, 1.165) is 18.4 Å². The van der Waals surface area contributed by atoms with Crippen molar-refractivity contribution in [1.82, 2.24) is 19.9 Å². The van der Waals surface area contributed by atoms with Crippen LogP contribution in [0.5, 0.6) is 11.6 Å². The van der Waals surface area contributed by atoms with Crippen molar-refractivity contribution >= 4 is 22.8 Å². The van der Waals surface area contributed by atoms with E-state index in [-0.39, 0.29) is 17.9 Å². The van der Waals surface area contributed by atoms with Gasteiger partial charge in [0.05, 0.1) is 11.6 Å². The van der Waals surface area contributed by atoms with Gasteiger partial charge in [0, 0.05) is 47.6 Å². The van der Waals surface area contributed by atoms with Crippen LogP contribution in [0, 0.1) is 17.7 Å². The lowest BCUT2D eigenvalue weighted by Crippen LogP contribution is -2.29. The van der Waals surface area contributed by atoms with Crippen molar-refractivity contribution in [3.8, 4) is 34.6 Å². The van der Waals surface area contributed by atoms with E-state index >= 15 is 4.39 Å². The number of carbonyl (C=O) groups excluding carboxylic acids is 1. The van der Waals surface area contributed by atoms with E-state index in [0.29, 0.717) is 40.2 Å². The second kappa shape index (κ2) is 9.39. The van der Waals surface area contributed by atoms with Crippen LogP contribution < -0.4 is 10.5 Å². The van der Waals surface area contributed by atoms with E-state index in [9.17, 15) is 4.79 Å². The molecule has 0 bridgehead atoms. The van der Waals surface area contributed by atoms with E-state index in [1.807, 2.05) is 12.1 Å². The normalized spacial score (nSPS) is 15.0. The minimum atomic E-state index is -0.448. The Morgan fingerprint density at radius 3 is 2.86 bits per heavy atom. The molecule has 4 aromatic rings. The summed E-state index contributed by atoms with van der Waals surface area (Å²) in [5.41, 5.74) is 8.36. The van der Waals surface area contributed by atoms with Gasteiger partial charge < -0.3 is 15.4 Å². The Kier molecular flexibility index (Phi) is 5.98. The number of halogens is 1. The second-order valence-electron chi connectivity index (χ2n) is 8.17. The number of pyridine rings is 1. The number of carbonyl (C=O) groups is 1. The standard InChI is InChI=1S/C27H22FN5O2/c1-2-6-25(34)33-12-5-7-23(33)21-14-17(13-18-16-31-27(29)32-26(18)21)20-10-9-19(15-22(20)28)35-24-8-3-4-11-30-24/h3-4,8-11,13-16,23H,5,7,12H2,1H3,(H2,29,31,32). The Bertz CT molecular complexity index is 1480. The molecule has 2 aromatic carbocycles. The predicted octanol–water partition coefficient (Wildman–Crippen LogP) is 4.89. The summed E-state index contributed by atoms with van der Waals surface area (Å²) in [6.45, 7) is 2.23. The molecule has 0 aliphatic carbocycles. The molecular formula is C27H22FN5O2. The maximum Gasteiger partial charge on any atom is 0.298 e. The number of nitrogens with zero attached hydrogens (tertiary/aromatic N) is 4. The molecule has 1 aliphatic rings. The molecule has 174 valence electrons. The van der Waals surface area contributed by atoms with E-state index in [1.54, 1.807) is 54.5 Å². The minimum Gasteiger partial charge on any atom is -0.439 e. The van der Waals surface area contributed by atoms with Gasteiger partial charge in [0.15, 0.2) is 0 Å². The summed E-state index contributed by atoms with van der Waals surface area (Å²) >= 11 is 0. The Morgan fingerprint density at radius 1 is 1.20 bits per heavy atom. The van der Waals surface area contributed by atoms with Crippen LogP contribution in [-0.2, 0) is 4.79 Å². The fraction of sp³-hybridized carbons (Fsp3) is 0.185. The van der Waals surface area contributed by atoms with Crippen LogP contribution in [0.15, 0.2) is 60.9 Å². The van der Waals surface area contributed by atoms with Gasteiger partial charge in [-0.2, -0.15) is 0 Å². The number of amides is 1. The molecule has 7 nitrogen and oxygen atoms in total. The molecule has 1 saturated heterocycles. The molecule has 3 heterocycles. The maximum absolute atomic E-state index is 15.3. The summed E-state index contributed by atoms with van der Waals surface area (Å²) in [5.74, 6) is 5.48. The summed E-state index contributed by atoms with van der Waals surface area (Å²) < 4.78 is 20.9. The van der Waals surface area contributed by atoms with E-state index in [1.165, 1.54) is 6.07 Å². The topological polar surface area (TPSA) is 94.2 Å². The Balaban J connectivity index is 1.58. The molecule has 35 heavy (non-hydrogen) atoms. The molecule has 1 atom stereocenters. The Morgan fingerprint density at radius 2 is 2.09 bits per heavy atom. The quantitative estimate of drug-likeness (QED) is 0.430. The molecule has 0 saturated carbocycles. The van der Waals surface area contributed by atoms with Gasteiger partial charge in [-0.15, -0.1) is 0 Å². The van der Waals surface area contributed by atoms with Crippen molar-refractivity contribution in [2.45, 2.75) is 25.8 Å². The highest BCUT2D eigenvalue weighted by molar-refractivity contribution is 5.95. The number of nitrogen functional groups attached to an aromatic ring is 1. The minimum absolute atomic E-state index is 0.137. The summed E-state index contributed by atoms with van der Waals surface area (Å²) in [7, 11) is 0. The number of hydrogen-bond acceptors (Lipinski definition) is 6. The van der Waals surface area contributed by atoms with Gasteiger partial charge in [-0.3, -0.25) is 4.79 Å². The van der Waals surface area contributed by atoms with Crippen LogP contribution in [0.25, 0.3) is 22.0 Å². The molecule has 1 unspecified atom stereocenters. The van der Waals surface area contributed by atoms with Gasteiger partial charge in [0.2, 0.25) is 11.8 Å². The van der Waals surface area contributed by atoms with Gasteiger partial charge in [0.1, 0.15) is 11.6 Å². The second-order valence-corrected chi connectivity index (χ2v) is 8.17. The fourth-order valence-electron chi connectivity index (χ4n) is 4.43. The highest BCUT2D eigenvalue weighted by Crippen LogP contribution is 2.39. The number of fused-ring (bicyclic) bond motifs is 1. The number of rotatable bonds is 4. The predicted molar refractivity (Wildman–Crippen MR) is 131 cm³/mol. The van der Waals surface area contributed by atoms with Crippen LogP contribution >= 0.6 is 0 Å². The number of hydrogen-bond donors (Lipinski definition) is 1. The summed E-state index contributed by atoms with van der Waals surface area (Å²) in [4.78, 5) is 27.1. The van der Waals surface area contributed by atoms with E-state index in [4.69, 9.17) is 10.5 Å². The van der Waals surface area contributed by atoms with Gasteiger partial charge in [-0.1, -0.05) is 12.0 Å². The monoisotopic (exact) mass is 467 g/mol. The van der Waals surface area contributed by atoms with Crippen LogP contribution in [0.2, 0.25) is 0 Å². The van der Waals surface area contributed by atoms with Crippen molar-refractivity contribution in [2.24, 2.45) is 0 Å². The smallest absolute Gasteiger partial charge is 0.298 e. The number of anilines is 1. The zero-order valence-electron chi connectivity index (χ0n) is 19.0. The van der Waals surface area contributed by atoms with Crippen molar-refractivity contribution in [3.05, 3.63) is 72.3 Å². The van der Waals surface area contributed by atoms with Gasteiger partial charge >= 0.3 is 0 Å². The molecule has 1 fully saturated rings. The zero-order chi connectivity index (χ0) is 24.4. The number of aromatic nitrogens is 3. The first-order valence-corrected chi connectivity index (χ1v) is 11.2. The molecular weight excluding hydrogens is 445 g/mol.